The van der Waals surface area contributed by atoms with Crippen LogP contribution in [-0.2, 0) is 9.59 Å². The molecule has 38 heavy (non-hydrogen) atoms. The number of fused-ring (bicyclic) bond motifs is 5. The number of hydrogen-bond acceptors (Lipinski definition) is 6. The van der Waals surface area contributed by atoms with Crippen molar-refractivity contribution in [1.29, 1.82) is 0 Å². The number of hydrogen-bond donors (Lipinski definition) is 0. The summed E-state index contributed by atoms with van der Waals surface area (Å²) in [5.74, 6) is -0.546. The first-order chi connectivity index (χ1) is 18.3. The summed E-state index contributed by atoms with van der Waals surface area (Å²) >= 11 is 6.68. The van der Waals surface area contributed by atoms with Gasteiger partial charge in [0.2, 0.25) is 12.3 Å². The topological polar surface area (TPSA) is 69.2 Å². The number of halogens is 3. The molecule has 3 heterocycles. The second-order valence-corrected chi connectivity index (χ2v) is 9.28. The number of piperazine rings is 1. The van der Waals surface area contributed by atoms with Crippen molar-refractivity contribution in [3.8, 4) is 16.9 Å². The highest BCUT2D eigenvalue weighted by Crippen LogP contribution is 2.52. The lowest BCUT2D eigenvalue weighted by Crippen LogP contribution is -2.54. The summed E-state index contributed by atoms with van der Waals surface area (Å²) in [7, 11) is 1.59. The van der Waals surface area contributed by atoms with Crippen molar-refractivity contribution in [2.75, 3.05) is 41.8 Å². The minimum atomic E-state index is -0.605. The molecule has 1 aromatic heterocycles. The Hall–Kier alpha value is -3.66. The minimum Gasteiger partial charge on any atom is -0.365 e. The first-order valence-electron chi connectivity index (χ1n) is 12.6. The van der Waals surface area contributed by atoms with Gasteiger partial charge in [0, 0.05) is 50.1 Å². The maximum atomic E-state index is 15.3. The number of carbonyl (C=O) groups excluding carboxylic acids is 2. The molecule has 5 rings (SSSR count). The fourth-order valence-corrected chi connectivity index (χ4v) is 5.30. The highest BCUT2D eigenvalue weighted by Gasteiger charge is 2.35. The number of carbonyl (C=O) groups is 2. The monoisotopic (exact) mass is 545 g/mol. The van der Waals surface area contributed by atoms with E-state index in [1.165, 1.54) is 29.3 Å². The Balaban J connectivity index is 0.00000164. The van der Waals surface area contributed by atoms with Gasteiger partial charge in [-0.25, -0.2) is 4.39 Å². The van der Waals surface area contributed by atoms with Crippen LogP contribution in [0, 0.1) is 5.82 Å². The first-order valence-corrected chi connectivity index (χ1v) is 12.9. The zero-order valence-electron chi connectivity index (χ0n) is 22.0. The number of rotatable bonds is 4. The second-order valence-electron chi connectivity index (χ2n) is 8.87. The molecule has 0 radical (unpaired) electrons. The van der Waals surface area contributed by atoms with Gasteiger partial charge in [-0.2, -0.15) is 0 Å². The van der Waals surface area contributed by atoms with Crippen LogP contribution in [-0.4, -0.2) is 54.9 Å². The largest absolute Gasteiger partial charge is 0.365 e. The number of aromatic nitrogens is 1. The van der Waals surface area contributed by atoms with Crippen molar-refractivity contribution >= 4 is 51.9 Å². The predicted molar refractivity (Wildman–Crippen MR) is 146 cm³/mol. The van der Waals surface area contributed by atoms with E-state index in [9.17, 15) is 14.0 Å². The number of pyridine rings is 1. The fraction of sp³-hybridized carbons (Fsp3) is 0.370. The average Bonchev–Trinajstić information content (AvgIpc) is 2.92. The Labute approximate surface area is 225 Å². The van der Waals surface area contributed by atoms with Crippen molar-refractivity contribution in [3.05, 3.63) is 41.3 Å². The van der Waals surface area contributed by atoms with Crippen LogP contribution in [0.4, 0.5) is 25.9 Å². The molecule has 2 amide bonds. The van der Waals surface area contributed by atoms with Crippen molar-refractivity contribution < 1.29 is 23.3 Å². The fourth-order valence-electron chi connectivity index (χ4n) is 5.01. The molecule has 0 N–H and O–H groups in total. The van der Waals surface area contributed by atoms with E-state index in [4.69, 9.17) is 16.4 Å². The van der Waals surface area contributed by atoms with Gasteiger partial charge in [0.05, 0.1) is 28.2 Å². The van der Waals surface area contributed by atoms with E-state index in [2.05, 4.69) is 4.98 Å². The molecule has 2 aromatic carbocycles. The van der Waals surface area contributed by atoms with Gasteiger partial charge in [0.1, 0.15) is 17.0 Å². The van der Waals surface area contributed by atoms with Gasteiger partial charge in [0.25, 0.3) is 0 Å². The normalized spacial score (nSPS) is 16.2. The van der Waals surface area contributed by atoms with Crippen LogP contribution in [0.15, 0.2) is 30.5 Å². The van der Waals surface area contributed by atoms with Crippen LogP contribution < -0.4 is 19.9 Å². The Bertz CT molecular complexity index is 1390. The maximum Gasteiger partial charge on any atom is 0.222 e. The smallest absolute Gasteiger partial charge is 0.222 e. The molecule has 1 atom stereocenters. The van der Waals surface area contributed by atoms with Crippen LogP contribution >= 0.6 is 11.6 Å². The number of benzene rings is 2. The van der Waals surface area contributed by atoms with E-state index in [0.717, 1.165) is 0 Å². The van der Waals surface area contributed by atoms with Crippen LogP contribution in [0.2, 0.25) is 5.02 Å². The molecule has 0 saturated carbocycles. The van der Waals surface area contributed by atoms with Gasteiger partial charge >= 0.3 is 0 Å². The van der Waals surface area contributed by atoms with Crippen LogP contribution in [0.3, 0.4) is 0 Å². The average molecular weight is 546 g/mol. The van der Waals surface area contributed by atoms with Gasteiger partial charge in [-0.3, -0.25) is 14.6 Å². The van der Waals surface area contributed by atoms with Gasteiger partial charge in [-0.05, 0) is 30.4 Å². The molecule has 1 unspecified atom stereocenters. The number of anilines is 3. The zero-order chi connectivity index (χ0) is 27.7. The maximum absolute atomic E-state index is 15.3. The van der Waals surface area contributed by atoms with Gasteiger partial charge in [-0.15, -0.1) is 0 Å². The molecule has 0 aliphatic carbocycles. The molecular weight excluding hydrogens is 516 g/mol. The lowest BCUT2D eigenvalue weighted by atomic mass is 9.97. The summed E-state index contributed by atoms with van der Waals surface area (Å²) in [6.45, 7) is 9.23. The summed E-state index contributed by atoms with van der Waals surface area (Å²) in [6, 6.07) is 5.64. The molecule has 1 fully saturated rings. The molecule has 202 valence electrons. The Morgan fingerprint density at radius 1 is 1.26 bits per heavy atom. The van der Waals surface area contributed by atoms with Crippen molar-refractivity contribution in [1.82, 2.24) is 9.88 Å². The van der Waals surface area contributed by atoms with Gasteiger partial charge in [0.15, 0.2) is 5.75 Å². The third-order valence-electron chi connectivity index (χ3n) is 6.72. The highest BCUT2D eigenvalue weighted by atomic mass is 35.5. The first kappa shape index (κ1) is 27.4. The molecule has 3 aromatic rings. The van der Waals surface area contributed by atoms with E-state index < -0.39 is 5.82 Å². The Kier molecular flexibility index (Phi) is 7.91. The number of amides is 2. The third kappa shape index (κ3) is 4.47. The minimum absolute atomic E-state index is 0.00526. The number of nitrogens with zero attached hydrogens (tertiary/aromatic N) is 5. The van der Waals surface area contributed by atoms with Crippen molar-refractivity contribution in [2.24, 2.45) is 0 Å². The predicted octanol–water partition coefficient (Wildman–Crippen LogP) is 5.76. The lowest BCUT2D eigenvalue weighted by molar-refractivity contribution is -0.133. The van der Waals surface area contributed by atoms with Crippen LogP contribution in [0.5, 0.6) is 5.75 Å². The molecule has 0 spiro atoms. The lowest BCUT2D eigenvalue weighted by Gasteiger charge is -2.42. The Morgan fingerprint density at radius 3 is 2.66 bits per heavy atom. The van der Waals surface area contributed by atoms with E-state index in [1.807, 2.05) is 37.5 Å². The highest BCUT2D eigenvalue weighted by molar-refractivity contribution is 6.36. The summed E-state index contributed by atoms with van der Waals surface area (Å²) in [6.07, 6.45) is 2.54. The quantitative estimate of drug-likeness (QED) is 0.307. The molecule has 8 nitrogen and oxygen atoms in total. The van der Waals surface area contributed by atoms with Gasteiger partial charge in [-0.1, -0.05) is 42.9 Å². The SMILES string of the molecule is CC.CCC(=O)N1CCN(c2c(N(C)C=O)cnc3c4c(c(Cl)cc23)-c2c(F)cccc2ON4F)CC1C. The van der Waals surface area contributed by atoms with Crippen molar-refractivity contribution in [2.45, 2.75) is 40.2 Å². The molecule has 2 aliphatic rings. The molecule has 11 heteroatoms. The zero-order valence-corrected chi connectivity index (χ0v) is 22.7. The third-order valence-corrected chi connectivity index (χ3v) is 7.02. The second kappa shape index (κ2) is 11.0. The standard InChI is InChI=1S/C25H24ClF2N5O3.C2H6/c1-4-20(35)32-9-8-31(12-14(32)2)24-15-10-16(26)21-22-17(27)6-5-7-19(22)36-33(28)25(21)23(15)29-11-18(24)30(3)13-34;1-2/h5-7,10-11,13-14H,4,8-9,12H2,1-3H3;1-2H3. The van der Waals surface area contributed by atoms with Crippen LogP contribution in [0.1, 0.15) is 34.1 Å². The molecule has 1 saturated heterocycles. The van der Waals surface area contributed by atoms with E-state index >= 15 is 4.48 Å². The van der Waals surface area contributed by atoms with Crippen LogP contribution in [0.25, 0.3) is 22.0 Å². The summed E-state index contributed by atoms with van der Waals surface area (Å²) < 4.78 is 30.1. The molecule has 0 bridgehead atoms. The summed E-state index contributed by atoms with van der Waals surface area (Å²) in [5, 5.41) is 0.626. The molecule has 2 aliphatic heterocycles. The Morgan fingerprint density at radius 2 is 2.00 bits per heavy atom. The summed E-state index contributed by atoms with van der Waals surface area (Å²) in [4.78, 5) is 39.0. The van der Waals surface area contributed by atoms with E-state index in [1.54, 1.807) is 13.1 Å². The van der Waals surface area contributed by atoms with Gasteiger partial charge < -0.3 is 19.5 Å². The molecular formula is C27H30ClF2N5O3. The van der Waals surface area contributed by atoms with E-state index in [0.29, 0.717) is 49.2 Å². The van der Waals surface area contributed by atoms with Crippen molar-refractivity contribution in [3.63, 3.8) is 0 Å². The van der Waals surface area contributed by atoms with E-state index in [-0.39, 0.29) is 50.3 Å². The summed E-state index contributed by atoms with van der Waals surface area (Å²) in [5.41, 5.74) is 1.36.